The zero-order valence-corrected chi connectivity index (χ0v) is 12.5. The Hall–Kier alpha value is -1.45. The number of rotatable bonds is 4. The van der Waals surface area contributed by atoms with E-state index < -0.39 is 0 Å². The molecule has 0 spiro atoms. The van der Waals surface area contributed by atoms with Crippen molar-refractivity contribution in [2.75, 3.05) is 6.67 Å². The summed E-state index contributed by atoms with van der Waals surface area (Å²) in [6.45, 7) is 0.455. The summed E-state index contributed by atoms with van der Waals surface area (Å²) in [5.41, 5.74) is 2.39. The van der Waals surface area contributed by atoms with E-state index in [1.165, 1.54) is 20.8 Å². The van der Waals surface area contributed by atoms with Crippen LogP contribution in [0.4, 0.5) is 4.39 Å². The highest BCUT2D eigenvalue weighted by atomic mass is 35.5. The van der Waals surface area contributed by atoms with Gasteiger partial charge in [0.05, 0.1) is 12.2 Å². The largest absolute Gasteiger partial charge is 1.00 e. The number of halogens is 2. The van der Waals surface area contributed by atoms with Crippen LogP contribution in [-0.4, -0.2) is 6.67 Å². The van der Waals surface area contributed by atoms with Crippen molar-refractivity contribution < 1.29 is 21.4 Å². The minimum Gasteiger partial charge on any atom is -1.00 e. The van der Waals surface area contributed by atoms with Crippen LogP contribution in [0.1, 0.15) is 6.42 Å². The van der Waals surface area contributed by atoms with Gasteiger partial charge in [-0.2, -0.15) is 4.57 Å². The number of nitrogens with zero attached hydrogens (tertiary/aromatic N) is 1. The lowest BCUT2D eigenvalue weighted by atomic mass is 10.2. The fraction of sp³-hybridized carbons (Fsp3) is 0.188. The second-order valence-electron chi connectivity index (χ2n) is 4.44. The standard InChI is InChI=1S/C16H15FNS.ClH/c17-11-6-12-18-14-9-4-5-10-15(14)19-16(18)13-7-2-1-3-8-13;/h1-5,7-10H,6,11-12H2;1H/q+1;/p-1. The SMILES string of the molecule is FCCC[n+]1c(-c2ccccc2)sc2ccccc21.[Cl-]. The molecule has 0 aliphatic heterocycles. The summed E-state index contributed by atoms with van der Waals surface area (Å²) in [7, 11) is 0. The van der Waals surface area contributed by atoms with Gasteiger partial charge in [-0.3, -0.25) is 4.39 Å². The maximum Gasteiger partial charge on any atom is 0.270 e. The molecule has 2 aromatic carbocycles. The smallest absolute Gasteiger partial charge is 0.270 e. The van der Waals surface area contributed by atoms with E-state index in [0.717, 1.165) is 6.54 Å². The van der Waals surface area contributed by atoms with Crippen LogP contribution in [0.5, 0.6) is 0 Å². The summed E-state index contributed by atoms with van der Waals surface area (Å²) >= 11 is 1.77. The Morgan fingerprint density at radius 3 is 2.40 bits per heavy atom. The lowest BCUT2D eigenvalue weighted by molar-refractivity contribution is -0.657. The first kappa shape index (κ1) is 14.9. The van der Waals surface area contributed by atoms with E-state index >= 15 is 0 Å². The molecule has 0 fully saturated rings. The van der Waals surface area contributed by atoms with E-state index in [2.05, 4.69) is 28.8 Å². The number of hydrogen-bond donors (Lipinski definition) is 0. The minimum absolute atomic E-state index is 0. The van der Waals surface area contributed by atoms with Gasteiger partial charge in [-0.05, 0) is 18.2 Å². The van der Waals surface area contributed by atoms with Crippen molar-refractivity contribution in [3.63, 3.8) is 0 Å². The van der Waals surface area contributed by atoms with E-state index in [1.54, 1.807) is 11.3 Å². The Morgan fingerprint density at radius 1 is 0.950 bits per heavy atom. The summed E-state index contributed by atoms with van der Waals surface area (Å²) in [5, 5.41) is 1.20. The van der Waals surface area contributed by atoms with Crippen LogP contribution in [0, 0.1) is 0 Å². The predicted molar refractivity (Wildman–Crippen MR) is 78.0 cm³/mol. The maximum atomic E-state index is 12.5. The molecule has 1 nitrogen and oxygen atoms in total. The van der Waals surface area contributed by atoms with Gasteiger partial charge in [-0.1, -0.05) is 41.7 Å². The third-order valence-corrected chi connectivity index (χ3v) is 4.36. The lowest BCUT2D eigenvalue weighted by Crippen LogP contribution is -3.00. The van der Waals surface area contributed by atoms with Crippen molar-refractivity contribution in [2.24, 2.45) is 0 Å². The number of alkyl halides is 1. The average molecular weight is 308 g/mol. The molecule has 104 valence electrons. The first-order chi connectivity index (χ1) is 9.40. The molecule has 0 aliphatic rings. The summed E-state index contributed by atoms with van der Waals surface area (Å²) in [5.74, 6) is 0. The molecule has 0 atom stereocenters. The summed E-state index contributed by atoms with van der Waals surface area (Å²) in [6.07, 6.45) is 0.561. The third kappa shape index (κ3) is 2.84. The second kappa shape index (κ2) is 6.82. The highest BCUT2D eigenvalue weighted by molar-refractivity contribution is 7.21. The number of fused-ring (bicyclic) bond motifs is 1. The zero-order valence-electron chi connectivity index (χ0n) is 10.9. The Balaban J connectivity index is 0.00000147. The third-order valence-electron chi connectivity index (χ3n) is 3.14. The number of hydrogen-bond acceptors (Lipinski definition) is 1. The summed E-state index contributed by atoms with van der Waals surface area (Å²) in [4.78, 5) is 0. The Labute approximate surface area is 128 Å². The molecule has 0 unspecified atom stereocenters. The van der Waals surface area contributed by atoms with Crippen LogP contribution >= 0.6 is 11.3 Å². The molecule has 4 heteroatoms. The van der Waals surface area contributed by atoms with Crippen molar-refractivity contribution in [1.82, 2.24) is 0 Å². The van der Waals surface area contributed by atoms with Gasteiger partial charge in [-0.15, -0.1) is 0 Å². The molecular formula is C16H15ClFNS. The highest BCUT2D eigenvalue weighted by Gasteiger charge is 2.20. The van der Waals surface area contributed by atoms with Crippen LogP contribution in [0.3, 0.4) is 0 Å². The number of benzene rings is 2. The summed E-state index contributed by atoms with van der Waals surface area (Å²) < 4.78 is 16.0. The molecular weight excluding hydrogens is 293 g/mol. The predicted octanol–water partition coefficient (Wildman–Crippen LogP) is 1.22. The van der Waals surface area contributed by atoms with Gasteiger partial charge in [-0.25, -0.2) is 0 Å². The highest BCUT2D eigenvalue weighted by Crippen LogP contribution is 2.28. The molecule has 0 bridgehead atoms. The Kier molecular flexibility index (Phi) is 5.10. The minimum atomic E-state index is -0.272. The number of aryl methyl sites for hydroxylation is 1. The zero-order chi connectivity index (χ0) is 13.1. The van der Waals surface area contributed by atoms with E-state index in [0.29, 0.717) is 6.42 Å². The van der Waals surface area contributed by atoms with Crippen molar-refractivity contribution in [1.29, 1.82) is 0 Å². The van der Waals surface area contributed by atoms with Gasteiger partial charge in [0.25, 0.3) is 5.01 Å². The molecule has 3 rings (SSSR count). The fourth-order valence-corrected chi connectivity index (χ4v) is 3.46. The first-order valence-corrected chi connectivity index (χ1v) is 7.24. The van der Waals surface area contributed by atoms with Crippen LogP contribution in [0.15, 0.2) is 54.6 Å². The average Bonchev–Trinajstić information content (AvgIpc) is 2.85. The maximum absolute atomic E-state index is 12.5. The molecule has 0 aliphatic carbocycles. The molecule has 0 saturated carbocycles. The van der Waals surface area contributed by atoms with Gasteiger partial charge in [0, 0.05) is 12.5 Å². The lowest BCUT2D eigenvalue weighted by Gasteiger charge is -1.98. The fourth-order valence-electron chi connectivity index (χ4n) is 2.27. The molecule has 20 heavy (non-hydrogen) atoms. The molecule has 0 amide bonds. The van der Waals surface area contributed by atoms with Gasteiger partial charge in [0.1, 0.15) is 4.70 Å². The van der Waals surface area contributed by atoms with E-state index in [4.69, 9.17) is 0 Å². The monoisotopic (exact) mass is 307 g/mol. The van der Waals surface area contributed by atoms with Crippen LogP contribution in [-0.2, 0) is 6.54 Å². The van der Waals surface area contributed by atoms with Crippen LogP contribution < -0.4 is 17.0 Å². The second-order valence-corrected chi connectivity index (χ2v) is 5.47. The normalized spacial score (nSPS) is 10.4. The number of aromatic nitrogens is 1. The van der Waals surface area contributed by atoms with Crippen LogP contribution in [0.25, 0.3) is 20.8 Å². The first-order valence-electron chi connectivity index (χ1n) is 6.43. The Bertz CT molecular complexity index is 681. The molecule has 1 aromatic heterocycles. The van der Waals surface area contributed by atoms with E-state index in [-0.39, 0.29) is 19.1 Å². The Morgan fingerprint density at radius 2 is 1.65 bits per heavy atom. The van der Waals surface area contributed by atoms with Crippen molar-refractivity contribution in [2.45, 2.75) is 13.0 Å². The van der Waals surface area contributed by atoms with Gasteiger partial charge < -0.3 is 12.4 Å². The molecule has 0 radical (unpaired) electrons. The van der Waals surface area contributed by atoms with Gasteiger partial charge >= 0.3 is 0 Å². The molecule has 1 heterocycles. The topological polar surface area (TPSA) is 3.88 Å². The summed E-state index contributed by atoms with van der Waals surface area (Å²) in [6, 6.07) is 18.6. The number of para-hydroxylation sites is 1. The number of thiazole rings is 1. The van der Waals surface area contributed by atoms with Crippen molar-refractivity contribution in [3.8, 4) is 10.6 Å². The van der Waals surface area contributed by atoms with E-state index in [1.807, 2.05) is 30.3 Å². The van der Waals surface area contributed by atoms with Crippen LogP contribution in [0.2, 0.25) is 0 Å². The molecule has 0 N–H and O–H groups in total. The van der Waals surface area contributed by atoms with Gasteiger partial charge in [0.15, 0.2) is 6.54 Å². The van der Waals surface area contributed by atoms with E-state index in [9.17, 15) is 4.39 Å². The quantitative estimate of drug-likeness (QED) is 0.638. The van der Waals surface area contributed by atoms with Crippen molar-refractivity contribution >= 4 is 21.6 Å². The van der Waals surface area contributed by atoms with Crippen molar-refractivity contribution in [3.05, 3.63) is 54.6 Å². The van der Waals surface area contributed by atoms with Gasteiger partial charge in [0.2, 0.25) is 5.52 Å². The molecule has 0 saturated heterocycles. The molecule has 3 aromatic rings.